The monoisotopic (exact) mass is 470 g/mol. The smallest absolute Gasteiger partial charge is 0.291 e. The van der Waals surface area contributed by atoms with E-state index in [1.165, 1.54) is 12.1 Å². The van der Waals surface area contributed by atoms with E-state index in [4.69, 9.17) is 33.4 Å². The van der Waals surface area contributed by atoms with Gasteiger partial charge in [0.15, 0.2) is 5.76 Å². The highest BCUT2D eigenvalue weighted by Gasteiger charge is 2.21. The van der Waals surface area contributed by atoms with Gasteiger partial charge >= 0.3 is 0 Å². The first-order valence-corrected chi connectivity index (χ1v) is 11.0. The third-order valence-electron chi connectivity index (χ3n) is 4.59. The van der Waals surface area contributed by atoms with Crippen molar-refractivity contribution >= 4 is 63.4 Å². The van der Waals surface area contributed by atoms with E-state index in [-0.39, 0.29) is 16.3 Å². The van der Waals surface area contributed by atoms with Gasteiger partial charge in [-0.3, -0.25) is 9.59 Å². The third kappa shape index (κ3) is 4.71. The van der Waals surface area contributed by atoms with E-state index in [9.17, 15) is 9.59 Å². The van der Waals surface area contributed by atoms with Crippen molar-refractivity contribution in [3.8, 4) is 0 Å². The van der Waals surface area contributed by atoms with Crippen molar-refractivity contribution in [1.29, 1.82) is 0 Å². The van der Waals surface area contributed by atoms with Gasteiger partial charge < -0.3 is 15.5 Å². The molecule has 1 heterocycles. The first-order chi connectivity index (χ1) is 14.9. The highest BCUT2D eigenvalue weighted by Crippen LogP contribution is 2.33. The zero-order valence-electron chi connectivity index (χ0n) is 16.0. The number of hydrogen-bond donors (Lipinski definition) is 2. The average Bonchev–Trinajstić information content (AvgIpc) is 3.12. The Labute approximate surface area is 192 Å². The van der Waals surface area contributed by atoms with E-state index < -0.39 is 11.8 Å². The largest absolute Gasteiger partial charge is 0.451 e. The van der Waals surface area contributed by atoms with Crippen LogP contribution >= 0.6 is 35.0 Å². The molecule has 1 aromatic heterocycles. The number of nitrogens with two attached hydrogens (primary N) is 1. The second kappa shape index (κ2) is 9.06. The van der Waals surface area contributed by atoms with Gasteiger partial charge in [0.25, 0.3) is 5.91 Å². The van der Waals surface area contributed by atoms with Crippen LogP contribution in [0.5, 0.6) is 0 Å². The van der Waals surface area contributed by atoms with E-state index in [2.05, 4.69) is 5.32 Å². The number of primary amides is 1. The molecule has 8 heteroatoms. The predicted octanol–water partition coefficient (Wildman–Crippen LogP) is 6.38. The molecule has 3 N–H and O–H groups in total. The van der Waals surface area contributed by atoms with Crippen LogP contribution in [0.25, 0.3) is 11.0 Å². The molecule has 4 rings (SSSR count). The zero-order valence-corrected chi connectivity index (χ0v) is 18.4. The fourth-order valence-corrected chi connectivity index (χ4v) is 4.42. The minimum atomic E-state index is -0.637. The van der Waals surface area contributed by atoms with Gasteiger partial charge in [0.05, 0.1) is 10.6 Å². The number of nitrogens with one attached hydrogen (secondary N) is 1. The molecule has 2 amide bonds. The summed E-state index contributed by atoms with van der Waals surface area (Å²) >= 11 is 13.6. The lowest BCUT2D eigenvalue weighted by Gasteiger charge is -2.08. The Morgan fingerprint density at radius 3 is 2.45 bits per heavy atom. The van der Waals surface area contributed by atoms with Crippen LogP contribution in [0.1, 0.15) is 26.5 Å². The maximum atomic E-state index is 13.0. The van der Waals surface area contributed by atoms with Gasteiger partial charge in [0.1, 0.15) is 5.58 Å². The predicted molar refractivity (Wildman–Crippen MR) is 125 cm³/mol. The number of furan rings is 1. The second-order valence-corrected chi connectivity index (χ2v) is 8.55. The Morgan fingerprint density at radius 2 is 1.74 bits per heavy atom. The summed E-state index contributed by atoms with van der Waals surface area (Å²) in [5.41, 5.74) is 7.30. The number of para-hydroxylation sites is 1. The molecule has 0 aliphatic carbocycles. The van der Waals surface area contributed by atoms with Crippen LogP contribution in [0.15, 0.2) is 76.0 Å². The maximum absolute atomic E-state index is 13.0. The quantitative estimate of drug-likeness (QED) is 0.320. The Balaban J connectivity index is 1.62. The fraction of sp³-hybridized carbons (Fsp3) is 0.0435. The van der Waals surface area contributed by atoms with Crippen molar-refractivity contribution < 1.29 is 14.0 Å². The molecule has 4 aromatic rings. The van der Waals surface area contributed by atoms with Crippen molar-refractivity contribution in [2.75, 3.05) is 5.32 Å². The molecule has 0 saturated carbocycles. The standard InChI is InChI=1S/C23H16Cl2N2O3S/c24-13-5-8-15(9-6-13)31-12-18-16-3-1-2-4-20(16)30-21(18)23(29)27-14-7-10-17(22(26)28)19(25)11-14/h1-11H,12H2,(H2,26,28)(H,27,29). The third-order valence-corrected chi connectivity index (χ3v) is 6.20. The van der Waals surface area contributed by atoms with Crippen molar-refractivity contribution in [3.63, 3.8) is 0 Å². The fourth-order valence-electron chi connectivity index (χ4n) is 3.09. The van der Waals surface area contributed by atoms with Gasteiger partial charge in [-0.15, -0.1) is 11.8 Å². The molecule has 0 bridgehead atoms. The summed E-state index contributed by atoms with van der Waals surface area (Å²) in [7, 11) is 0. The Bertz CT molecular complexity index is 1290. The first-order valence-electron chi connectivity index (χ1n) is 9.22. The van der Waals surface area contributed by atoms with Gasteiger partial charge in [-0.25, -0.2) is 0 Å². The summed E-state index contributed by atoms with van der Waals surface area (Å²) in [6.45, 7) is 0. The molecule has 0 aliphatic rings. The summed E-state index contributed by atoms with van der Waals surface area (Å²) in [6.07, 6.45) is 0. The van der Waals surface area contributed by atoms with E-state index >= 15 is 0 Å². The molecule has 0 fully saturated rings. The lowest BCUT2D eigenvalue weighted by Crippen LogP contribution is -2.14. The summed E-state index contributed by atoms with van der Waals surface area (Å²) in [6, 6.07) is 19.5. The Hall–Kier alpha value is -2.93. The molecular formula is C23H16Cl2N2O3S. The van der Waals surface area contributed by atoms with Gasteiger partial charge in [0.2, 0.25) is 5.91 Å². The van der Waals surface area contributed by atoms with Crippen molar-refractivity contribution in [2.45, 2.75) is 10.6 Å². The number of fused-ring (bicyclic) bond motifs is 1. The Morgan fingerprint density at radius 1 is 1.00 bits per heavy atom. The van der Waals surface area contributed by atoms with E-state index in [1.807, 2.05) is 48.5 Å². The number of thioether (sulfide) groups is 1. The van der Waals surface area contributed by atoms with Crippen LogP contribution in [0.4, 0.5) is 5.69 Å². The first kappa shape index (κ1) is 21.3. The molecule has 5 nitrogen and oxygen atoms in total. The molecule has 0 atom stereocenters. The highest BCUT2D eigenvalue weighted by molar-refractivity contribution is 7.98. The van der Waals surface area contributed by atoms with Crippen LogP contribution in [0.3, 0.4) is 0 Å². The normalized spacial score (nSPS) is 10.9. The molecule has 0 unspecified atom stereocenters. The van der Waals surface area contributed by atoms with Gasteiger partial charge in [-0.1, -0.05) is 41.4 Å². The van der Waals surface area contributed by atoms with E-state index in [0.29, 0.717) is 22.0 Å². The SMILES string of the molecule is NC(=O)c1ccc(NC(=O)c2oc3ccccc3c2CSc2ccc(Cl)cc2)cc1Cl. The number of carbonyl (C=O) groups excluding carboxylic acids is 2. The molecule has 0 saturated heterocycles. The molecule has 0 radical (unpaired) electrons. The topological polar surface area (TPSA) is 85.3 Å². The van der Waals surface area contributed by atoms with Crippen LogP contribution < -0.4 is 11.1 Å². The van der Waals surface area contributed by atoms with Crippen molar-refractivity contribution in [2.24, 2.45) is 5.73 Å². The van der Waals surface area contributed by atoms with E-state index in [0.717, 1.165) is 15.8 Å². The minimum absolute atomic E-state index is 0.161. The highest BCUT2D eigenvalue weighted by atomic mass is 35.5. The number of amides is 2. The molecule has 31 heavy (non-hydrogen) atoms. The zero-order chi connectivity index (χ0) is 22.0. The molecule has 3 aromatic carbocycles. The summed E-state index contributed by atoms with van der Waals surface area (Å²) < 4.78 is 5.88. The van der Waals surface area contributed by atoms with Gasteiger partial charge in [-0.05, 0) is 48.5 Å². The molecule has 0 aliphatic heterocycles. The van der Waals surface area contributed by atoms with Crippen LogP contribution in [-0.2, 0) is 5.75 Å². The molecule has 156 valence electrons. The number of carbonyl (C=O) groups is 2. The lowest BCUT2D eigenvalue weighted by atomic mass is 10.1. The van der Waals surface area contributed by atoms with Gasteiger partial charge in [0, 0.05) is 32.3 Å². The average molecular weight is 471 g/mol. The van der Waals surface area contributed by atoms with Crippen LogP contribution in [0, 0.1) is 0 Å². The number of anilines is 1. The lowest BCUT2D eigenvalue weighted by molar-refractivity contribution is 0.0992. The number of halogens is 2. The minimum Gasteiger partial charge on any atom is -0.451 e. The summed E-state index contributed by atoms with van der Waals surface area (Å²) in [4.78, 5) is 25.4. The van der Waals surface area contributed by atoms with Crippen molar-refractivity contribution in [1.82, 2.24) is 0 Å². The van der Waals surface area contributed by atoms with Gasteiger partial charge in [-0.2, -0.15) is 0 Å². The molecule has 0 spiro atoms. The van der Waals surface area contributed by atoms with E-state index in [1.54, 1.807) is 17.8 Å². The number of benzene rings is 3. The Kier molecular flexibility index (Phi) is 6.23. The molecular weight excluding hydrogens is 455 g/mol. The summed E-state index contributed by atoms with van der Waals surface area (Å²) in [5.74, 6) is -0.298. The van der Waals surface area contributed by atoms with Crippen molar-refractivity contribution in [3.05, 3.63) is 93.7 Å². The second-order valence-electron chi connectivity index (χ2n) is 6.66. The number of rotatable bonds is 6. The van der Waals surface area contributed by atoms with Crippen LogP contribution in [-0.4, -0.2) is 11.8 Å². The maximum Gasteiger partial charge on any atom is 0.291 e. The number of hydrogen-bond acceptors (Lipinski definition) is 4. The summed E-state index contributed by atoms with van der Waals surface area (Å²) in [5, 5.41) is 4.47. The van der Waals surface area contributed by atoms with Crippen LogP contribution in [0.2, 0.25) is 10.0 Å².